The molecule has 0 spiro atoms. The van der Waals surface area contributed by atoms with Crippen molar-refractivity contribution in [1.29, 1.82) is 0 Å². The van der Waals surface area contributed by atoms with Gasteiger partial charge in [-0.1, -0.05) is 42.5 Å². The molecule has 1 amide bonds. The van der Waals surface area contributed by atoms with Crippen molar-refractivity contribution < 1.29 is 14.3 Å². The number of imidazole rings is 1. The first-order valence-electron chi connectivity index (χ1n) is 10.6. The molecule has 1 atom stereocenters. The minimum absolute atomic E-state index is 0.0198. The summed E-state index contributed by atoms with van der Waals surface area (Å²) in [5.41, 5.74) is 3.24. The molecule has 0 saturated carbocycles. The van der Waals surface area contributed by atoms with Crippen LogP contribution in [0.3, 0.4) is 0 Å². The largest absolute Gasteiger partial charge is 0.497 e. The van der Waals surface area contributed by atoms with Crippen molar-refractivity contribution in [2.45, 2.75) is 18.9 Å². The summed E-state index contributed by atoms with van der Waals surface area (Å²) in [6.45, 7) is 0.709. The Morgan fingerprint density at radius 1 is 1.00 bits per heavy atom. The van der Waals surface area contributed by atoms with Gasteiger partial charge in [0.2, 0.25) is 5.91 Å². The molecule has 1 unspecified atom stereocenters. The number of anilines is 1. The number of hydrogen-bond donors (Lipinski definition) is 0. The molecule has 1 fully saturated rings. The maximum absolute atomic E-state index is 13.0. The minimum Gasteiger partial charge on any atom is -0.497 e. The molecule has 0 bridgehead atoms. The second kappa shape index (κ2) is 8.30. The number of nitrogens with zero attached hydrogens (tertiary/aromatic N) is 3. The van der Waals surface area contributed by atoms with Crippen LogP contribution in [-0.4, -0.2) is 34.9 Å². The van der Waals surface area contributed by atoms with Crippen molar-refractivity contribution in [2.24, 2.45) is 0 Å². The van der Waals surface area contributed by atoms with Crippen molar-refractivity contribution in [3.8, 4) is 5.75 Å². The third-order valence-electron chi connectivity index (χ3n) is 5.96. The number of ketones is 1. The Kier molecular flexibility index (Phi) is 5.19. The predicted molar refractivity (Wildman–Crippen MR) is 123 cm³/mol. The molecular formula is C26H23N3O3. The van der Waals surface area contributed by atoms with Crippen LogP contribution in [0.4, 0.5) is 5.69 Å². The van der Waals surface area contributed by atoms with Gasteiger partial charge in [0.1, 0.15) is 11.6 Å². The summed E-state index contributed by atoms with van der Waals surface area (Å²) in [5.74, 6) is 1.50. The molecule has 5 rings (SSSR count). The zero-order chi connectivity index (χ0) is 22.1. The number of aromatic nitrogens is 2. The lowest BCUT2D eigenvalue weighted by molar-refractivity contribution is -0.117. The van der Waals surface area contributed by atoms with Crippen molar-refractivity contribution in [3.05, 3.63) is 90.3 Å². The molecule has 1 aliphatic heterocycles. The van der Waals surface area contributed by atoms with Gasteiger partial charge in [-0.05, 0) is 36.4 Å². The topological polar surface area (TPSA) is 64.4 Å². The Hall–Kier alpha value is -3.93. The van der Waals surface area contributed by atoms with Crippen LogP contribution in [0.1, 0.15) is 28.5 Å². The van der Waals surface area contributed by atoms with Crippen molar-refractivity contribution in [3.63, 3.8) is 0 Å². The third kappa shape index (κ3) is 3.64. The molecule has 3 aromatic carbocycles. The number of fused-ring (bicyclic) bond motifs is 1. The van der Waals surface area contributed by atoms with Crippen LogP contribution < -0.4 is 9.64 Å². The van der Waals surface area contributed by atoms with Crippen LogP contribution in [0.2, 0.25) is 0 Å². The van der Waals surface area contributed by atoms with E-state index in [0.29, 0.717) is 18.5 Å². The highest BCUT2D eigenvalue weighted by Crippen LogP contribution is 2.34. The summed E-state index contributed by atoms with van der Waals surface area (Å²) in [5, 5.41) is 0. The number of ether oxygens (including phenoxy) is 1. The highest BCUT2D eigenvalue weighted by molar-refractivity contribution is 5.98. The summed E-state index contributed by atoms with van der Waals surface area (Å²) < 4.78 is 7.20. The van der Waals surface area contributed by atoms with Crippen LogP contribution in [0.25, 0.3) is 11.0 Å². The van der Waals surface area contributed by atoms with Crippen molar-refractivity contribution >= 4 is 28.4 Å². The van der Waals surface area contributed by atoms with Crippen LogP contribution >= 0.6 is 0 Å². The molecule has 1 saturated heterocycles. The second-order valence-electron chi connectivity index (χ2n) is 7.94. The molecular weight excluding hydrogens is 402 g/mol. The summed E-state index contributed by atoms with van der Waals surface area (Å²) in [7, 11) is 1.62. The lowest BCUT2D eigenvalue weighted by atomic mass is 10.1. The Morgan fingerprint density at radius 2 is 1.72 bits per heavy atom. The lowest BCUT2D eigenvalue weighted by Gasteiger charge is -2.17. The zero-order valence-electron chi connectivity index (χ0n) is 17.8. The standard InChI is InChI=1S/C26H23N3O3/c1-32-21-13-11-20(12-14-21)28-16-19(15-25(28)31)26-27-22-9-5-6-10-23(22)29(26)17-24(30)18-7-3-2-4-8-18/h2-14,19H,15-17H2,1H3. The first-order chi connectivity index (χ1) is 15.6. The fourth-order valence-electron chi connectivity index (χ4n) is 4.32. The van der Waals surface area contributed by atoms with Gasteiger partial charge in [0.25, 0.3) is 0 Å². The highest BCUT2D eigenvalue weighted by atomic mass is 16.5. The molecule has 1 aliphatic rings. The van der Waals surface area contributed by atoms with E-state index in [1.165, 1.54) is 0 Å². The van der Waals surface area contributed by atoms with Crippen LogP contribution in [0.5, 0.6) is 5.75 Å². The molecule has 160 valence electrons. The summed E-state index contributed by atoms with van der Waals surface area (Å²) in [4.78, 5) is 32.5. The van der Waals surface area contributed by atoms with E-state index in [0.717, 1.165) is 28.3 Å². The quantitative estimate of drug-likeness (QED) is 0.428. The van der Waals surface area contributed by atoms with Crippen LogP contribution in [0, 0.1) is 0 Å². The monoisotopic (exact) mass is 425 g/mol. The van der Waals surface area contributed by atoms with Gasteiger partial charge in [-0.3, -0.25) is 9.59 Å². The number of amides is 1. The highest BCUT2D eigenvalue weighted by Gasteiger charge is 2.35. The lowest BCUT2D eigenvalue weighted by Crippen LogP contribution is -2.24. The normalized spacial score (nSPS) is 16.0. The maximum Gasteiger partial charge on any atom is 0.227 e. The molecule has 0 N–H and O–H groups in total. The summed E-state index contributed by atoms with van der Waals surface area (Å²) >= 11 is 0. The maximum atomic E-state index is 13.0. The first-order valence-corrected chi connectivity index (χ1v) is 10.6. The van der Waals surface area contributed by atoms with Crippen LogP contribution in [0.15, 0.2) is 78.9 Å². The van der Waals surface area contributed by atoms with E-state index in [1.807, 2.05) is 83.4 Å². The van der Waals surface area contributed by atoms with Gasteiger partial charge in [0.15, 0.2) is 5.78 Å². The number of hydrogen-bond acceptors (Lipinski definition) is 4. The van der Waals surface area contributed by atoms with Gasteiger partial charge in [0.05, 0.1) is 24.7 Å². The second-order valence-corrected chi connectivity index (χ2v) is 7.94. The van der Waals surface area contributed by atoms with E-state index in [2.05, 4.69) is 0 Å². The predicted octanol–water partition coefficient (Wildman–Crippen LogP) is 4.45. The average Bonchev–Trinajstić information content (AvgIpc) is 3.40. The number of benzene rings is 3. The molecule has 6 heteroatoms. The van der Waals surface area contributed by atoms with E-state index in [1.54, 1.807) is 12.0 Å². The number of Topliss-reactive ketones (excluding diaryl/α,β-unsaturated/α-hetero) is 1. The number of carbonyl (C=O) groups is 2. The molecule has 32 heavy (non-hydrogen) atoms. The van der Waals surface area contributed by atoms with Gasteiger partial charge in [-0.15, -0.1) is 0 Å². The molecule has 6 nitrogen and oxygen atoms in total. The summed E-state index contributed by atoms with van der Waals surface area (Å²) in [6, 6.07) is 24.6. The molecule has 0 radical (unpaired) electrons. The van der Waals surface area contributed by atoms with E-state index < -0.39 is 0 Å². The fourth-order valence-corrected chi connectivity index (χ4v) is 4.32. The fraction of sp³-hybridized carbons (Fsp3) is 0.192. The number of rotatable bonds is 6. The van der Waals surface area contributed by atoms with E-state index in [-0.39, 0.29) is 24.2 Å². The third-order valence-corrected chi connectivity index (χ3v) is 5.96. The SMILES string of the molecule is COc1ccc(N2CC(c3nc4ccccc4n3CC(=O)c3ccccc3)CC2=O)cc1. The Balaban J connectivity index is 1.48. The van der Waals surface area contributed by atoms with Gasteiger partial charge in [-0.25, -0.2) is 4.98 Å². The van der Waals surface area contributed by atoms with Gasteiger partial charge < -0.3 is 14.2 Å². The van der Waals surface area contributed by atoms with Crippen molar-refractivity contribution in [2.75, 3.05) is 18.6 Å². The number of para-hydroxylation sites is 2. The Labute approximate surface area is 186 Å². The van der Waals surface area contributed by atoms with Gasteiger partial charge in [0, 0.05) is 30.1 Å². The minimum atomic E-state index is -0.0967. The van der Waals surface area contributed by atoms with E-state index >= 15 is 0 Å². The van der Waals surface area contributed by atoms with Gasteiger partial charge >= 0.3 is 0 Å². The van der Waals surface area contributed by atoms with Crippen molar-refractivity contribution in [1.82, 2.24) is 9.55 Å². The molecule has 4 aromatic rings. The first kappa shape index (κ1) is 20.0. The summed E-state index contributed by atoms with van der Waals surface area (Å²) in [6.07, 6.45) is 0.356. The number of carbonyl (C=O) groups excluding carboxylic acids is 2. The molecule has 1 aromatic heterocycles. The zero-order valence-corrected chi connectivity index (χ0v) is 17.8. The van der Waals surface area contributed by atoms with Crippen LogP contribution in [-0.2, 0) is 11.3 Å². The van der Waals surface area contributed by atoms with E-state index in [4.69, 9.17) is 9.72 Å². The molecule has 0 aliphatic carbocycles. The van der Waals surface area contributed by atoms with E-state index in [9.17, 15) is 9.59 Å². The van der Waals surface area contributed by atoms with Gasteiger partial charge in [-0.2, -0.15) is 0 Å². The Bertz CT molecular complexity index is 1280. The average molecular weight is 425 g/mol. The smallest absolute Gasteiger partial charge is 0.227 e. The molecule has 2 heterocycles. The number of methoxy groups -OCH3 is 1. The Morgan fingerprint density at radius 3 is 2.47 bits per heavy atom.